The van der Waals surface area contributed by atoms with Crippen LogP contribution in [0.3, 0.4) is 0 Å². The fourth-order valence-corrected chi connectivity index (χ4v) is 2.94. The SMILES string of the molecule is O=C(O)CCn1cc(S(=O)(=O)NCC2CCOC2)cn1. The van der Waals surface area contributed by atoms with Crippen molar-refractivity contribution in [1.82, 2.24) is 14.5 Å². The third kappa shape index (κ3) is 4.02. The lowest BCUT2D eigenvalue weighted by Gasteiger charge is -2.08. The monoisotopic (exact) mass is 303 g/mol. The highest BCUT2D eigenvalue weighted by Gasteiger charge is 2.21. The molecule has 1 aromatic rings. The summed E-state index contributed by atoms with van der Waals surface area (Å²) in [5.41, 5.74) is 0. The van der Waals surface area contributed by atoms with Crippen molar-refractivity contribution in [2.45, 2.75) is 24.3 Å². The summed E-state index contributed by atoms with van der Waals surface area (Å²) in [6, 6.07) is 0. The summed E-state index contributed by atoms with van der Waals surface area (Å²) in [6.07, 6.45) is 3.29. The minimum atomic E-state index is -3.60. The largest absolute Gasteiger partial charge is 0.481 e. The van der Waals surface area contributed by atoms with Crippen LogP contribution >= 0.6 is 0 Å². The first-order chi connectivity index (χ1) is 9.47. The molecule has 1 aliphatic rings. The second-order valence-corrected chi connectivity index (χ2v) is 6.43. The van der Waals surface area contributed by atoms with Gasteiger partial charge in [0.2, 0.25) is 10.0 Å². The number of rotatable bonds is 7. The van der Waals surface area contributed by atoms with Crippen LogP contribution in [-0.2, 0) is 26.1 Å². The van der Waals surface area contributed by atoms with Gasteiger partial charge in [0, 0.05) is 19.3 Å². The van der Waals surface area contributed by atoms with Crippen LogP contribution in [-0.4, -0.2) is 49.0 Å². The van der Waals surface area contributed by atoms with E-state index in [1.54, 1.807) is 0 Å². The first-order valence-electron chi connectivity index (χ1n) is 6.29. The summed E-state index contributed by atoms with van der Waals surface area (Å²) in [5, 5.41) is 12.4. The second-order valence-electron chi connectivity index (χ2n) is 4.66. The van der Waals surface area contributed by atoms with E-state index in [1.807, 2.05) is 0 Å². The molecule has 8 nitrogen and oxygen atoms in total. The third-order valence-corrected chi connectivity index (χ3v) is 4.44. The molecule has 0 aliphatic carbocycles. The fraction of sp³-hybridized carbons (Fsp3) is 0.636. The molecule has 0 saturated carbocycles. The minimum absolute atomic E-state index is 0.0433. The molecule has 0 aromatic carbocycles. The lowest BCUT2D eigenvalue weighted by molar-refractivity contribution is -0.137. The number of carboxylic acid groups (broad SMARTS) is 1. The zero-order valence-corrected chi connectivity index (χ0v) is 11.7. The van der Waals surface area contributed by atoms with Gasteiger partial charge in [-0.3, -0.25) is 9.48 Å². The molecule has 1 saturated heterocycles. The number of ether oxygens (including phenoxy) is 1. The van der Waals surface area contributed by atoms with Crippen molar-refractivity contribution in [3.05, 3.63) is 12.4 Å². The van der Waals surface area contributed by atoms with E-state index >= 15 is 0 Å². The van der Waals surface area contributed by atoms with E-state index in [2.05, 4.69) is 9.82 Å². The Morgan fingerprint density at radius 1 is 1.60 bits per heavy atom. The van der Waals surface area contributed by atoms with Crippen molar-refractivity contribution < 1.29 is 23.1 Å². The molecule has 20 heavy (non-hydrogen) atoms. The van der Waals surface area contributed by atoms with E-state index in [0.717, 1.165) is 6.42 Å². The van der Waals surface area contributed by atoms with Gasteiger partial charge >= 0.3 is 5.97 Å². The molecule has 1 aliphatic heterocycles. The lowest BCUT2D eigenvalue weighted by Crippen LogP contribution is -2.29. The Kier molecular flexibility index (Phi) is 4.73. The van der Waals surface area contributed by atoms with Crippen LogP contribution in [0.5, 0.6) is 0 Å². The Morgan fingerprint density at radius 2 is 2.40 bits per heavy atom. The second kappa shape index (κ2) is 6.33. The number of aryl methyl sites for hydroxylation is 1. The zero-order chi connectivity index (χ0) is 14.6. The van der Waals surface area contributed by atoms with Gasteiger partial charge in [-0.15, -0.1) is 0 Å². The molecule has 2 N–H and O–H groups in total. The van der Waals surface area contributed by atoms with Crippen molar-refractivity contribution in [2.24, 2.45) is 5.92 Å². The predicted octanol–water partition coefficient (Wildman–Crippen LogP) is -0.327. The number of nitrogens with one attached hydrogen (secondary N) is 1. The third-order valence-electron chi connectivity index (χ3n) is 3.06. The topological polar surface area (TPSA) is 111 Å². The summed E-state index contributed by atoms with van der Waals surface area (Å²) in [4.78, 5) is 10.5. The number of hydrogen-bond donors (Lipinski definition) is 2. The summed E-state index contributed by atoms with van der Waals surface area (Å²) < 4.78 is 33.0. The molecular weight excluding hydrogens is 286 g/mol. The van der Waals surface area contributed by atoms with E-state index in [9.17, 15) is 13.2 Å². The first kappa shape index (κ1) is 14.9. The number of sulfonamides is 1. The Hall–Kier alpha value is -1.45. The van der Waals surface area contributed by atoms with Gasteiger partial charge in [-0.2, -0.15) is 5.10 Å². The van der Waals surface area contributed by atoms with Crippen molar-refractivity contribution >= 4 is 16.0 Å². The average Bonchev–Trinajstić information content (AvgIpc) is 3.05. The average molecular weight is 303 g/mol. The van der Waals surface area contributed by atoms with Gasteiger partial charge in [0.05, 0.1) is 25.8 Å². The smallest absolute Gasteiger partial charge is 0.305 e. The van der Waals surface area contributed by atoms with Crippen LogP contribution in [0.2, 0.25) is 0 Å². The standard InChI is InChI=1S/C11H17N3O5S/c15-11(16)1-3-14-7-10(6-12-14)20(17,18)13-5-9-2-4-19-8-9/h6-7,9,13H,1-5,8H2,(H,15,16). The van der Waals surface area contributed by atoms with Crippen LogP contribution in [0.15, 0.2) is 17.3 Å². The van der Waals surface area contributed by atoms with Crippen LogP contribution in [0.25, 0.3) is 0 Å². The van der Waals surface area contributed by atoms with Crippen LogP contribution in [0, 0.1) is 5.92 Å². The maximum atomic E-state index is 12.0. The zero-order valence-electron chi connectivity index (χ0n) is 10.9. The number of carboxylic acids is 1. The quantitative estimate of drug-likeness (QED) is 0.714. The van der Waals surface area contributed by atoms with E-state index in [-0.39, 0.29) is 23.8 Å². The van der Waals surface area contributed by atoms with Gasteiger partial charge in [0.1, 0.15) is 4.90 Å². The van der Waals surface area contributed by atoms with Crippen LogP contribution < -0.4 is 4.72 Å². The number of nitrogens with zero attached hydrogens (tertiary/aromatic N) is 2. The van der Waals surface area contributed by atoms with Crippen molar-refractivity contribution in [1.29, 1.82) is 0 Å². The maximum absolute atomic E-state index is 12.0. The molecule has 1 aromatic heterocycles. The van der Waals surface area contributed by atoms with E-state index in [0.29, 0.717) is 19.8 Å². The van der Waals surface area contributed by atoms with Crippen molar-refractivity contribution in [2.75, 3.05) is 19.8 Å². The molecule has 0 amide bonds. The number of aliphatic carboxylic acids is 1. The molecule has 0 radical (unpaired) electrons. The Bertz CT molecular complexity index is 562. The molecule has 1 atom stereocenters. The highest BCUT2D eigenvalue weighted by Crippen LogP contribution is 2.13. The Balaban J connectivity index is 1.92. The molecule has 2 heterocycles. The van der Waals surface area contributed by atoms with Gasteiger partial charge in [0.25, 0.3) is 0 Å². The summed E-state index contributed by atoms with van der Waals surface area (Å²) in [7, 11) is -3.60. The summed E-state index contributed by atoms with van der Waals surface area (Å²) >= 11 is 0. The van der Waals surface area contributed by atoms with Gasteiger partial charge in [-0.1, -0.05) is 0 Å². The molecular formula is C11H17N3O5S. The Morgan fingerprint density at radius 3 is 3.05 bits per heavy atom. The summed E-state index contributed by atoms with van der Waals surface area (Å²) in [5.74, 6) is -0.754. The van der Waals surface area contributed by atoms with E-state index < -0.39 is 16.0 Å². The summed E-state index contributed by atoms with van der Waals surface area (Å²) in [6.45, 7) is 1.71. The number of aromatic nitrogens is 2. The highest BCUT2D eigenvalue weighted by atomic mass is 32.2. The molecule has 1 unspecified atom stereocenters. The van der Waals surface area contributed by atoms with Crippen molar-refractivity contribution in [3.63, 3.8) is 0 Å². The van der Waals surface area contributed by atoms with E-state index in [4.69, 9.17) is 9.84 Å². The Labute approximate surface area is 116 Å². The van der Waals surface area contributed by atoms with Gasteiger partial charge < -0.3 is 9.84 Å². The van der Waals surface area contributed by atoms with Crippen LogP contribution in [0.4, 0.5) is 0 Å². The predicted molar refractivity (Wildman–Crippen MR) is 68.6 cm³/mol. The maximum Gasteiger partial charge on any atom is 0.305 e. The number of hydrogen-bond acceptors (Lipinski definition) is 5. The highest BCUT2D eigenvalue weighted by molar-refractivity contribution is 7.89. The molecule has 0 spiro atoms. The minimum Gasteiger partial charge on any atom is -0.481 e. The first-order valence-corrected chi connectivity index (χ1v) is 7.77. The van der Waals surface area contributed by atoms with Crippen LogP contribution in [0.1, 0.15) is 12.8 Å². The molecule has 112 valence electrons. The molecule has 2 rings (SSSR count). The molecule has 9 heteroatoms. The molecule has 1 fully saturated rings. The van der Waals surface area contributed by atoms with Gasteiger partial charge in [-0.25, -0.2) is 13.1 Å². The fourth-order valence-electron chi connectivity index (χ4n) is 1.87. The van der Waals surface area contributed by atoms with Gasteiger partial charge in [0.15, 0.2) is 0 Å². The van der Waals surface area contributed by atoms with Gasteiger partial charge in [-0.05, 0) is 12.3 Å². The van der Waals surface area contributed by atoms with E-state index in [1.165, 1.54) is 17.1 Å². The molecule has 0 bridgehead atoms. The lowest BCUT2D eigenvalue weighted by atomic mass is 10.1. The number of carbonyl (C=O) groups is 1. The normalized spacial score (nSPS) is 19.3. The van der Waals surface area contributed by atoms with Crippen molar-refractivity contribution in [3.8, 4) is 0 Å².